The molecule has 0 fully saturated rings. The number of hydrazone groups is 1. The van der Waals surface area contributed by atoms with Gasteiger partial charge in [-0.05, 0) is 63.5 Å². The minimum Gasteiger partial charge on any atom is -0.493 e. The van der Waals surface area contributed by atoms with Gasteiger partial charge in [-0.15, -0.1) is 0 Å². The van der Waals surface area contributed by atoms with Gasteiger partial charge < -0.3 is 19.3 Å². The van der Waals surface area contributed by atoms with Gasteiger partial charge in [0.1, 0.15) is 17.9 Å². The zero-order chi connectivity index (χ0) is 26.2. The van der Waals surface area contributed by atoms with Crippen molar-refractivity contribution < 1.29 is 28.9 Å². The number of carbonyl (C=O) groups excluding carboxylic acids is 1. The Hall–Kier alpha value is -4.44. The number of methoxy groups -OCH3 is 1. The lowest BCUT2D eigenvalue weighted by atomic mass is 10.1. The molecule has 0 radical (unpaired) electrons. The quantitative estimate of drug-likeness (QED) is 0.210. The summed E-state index contributed by atoms with van der Waals surface area (Å²) in [6, 6.07) is 19.2. The molecule has 1 aromatic heterocycles. The Kier molecular flexibility index (Phi) is 8.32. The van der Waals surface area contributed by atoms with Gasteiger partial charge in [-0.2, -0.15) is 5.10 Å². The minimum absolute atomic E-state index is 0.145. The lowest BCUT2D eigenvalue weighted by Gasteiger charge is -2.14. The highest BCUT2D eigenvalue weighted by atomic mass is 79.9. The maximum atomic E-state index is 12.2. The van der Waals surface area contributed by atoms with Gasteiger partial charge >= 0.3 is 5.97 Å². The molecule has 0 bridgehead atoms. The summed E-state index contributed by atoms with van der Waals surface area (Å²) in [6.07, 6.45) is 3.13. The Bertz CT molecular complexity index is 1470. The first-order valence-corrected chi connectivity index (χ1v) is 11.8. The molecule has 4 rings (SSSR count). The van der Waals surface area contributed by atoms with E-state index in [1.165, 1.54) is 19.4 Å². The summed E-state index contributed by atoms with van der Waals surface area (Å²) in [5.74, 6) is -0.0479. The molecule has 0 aliphatic carbocycles. The predicted octanol–water partition coefficient (Wildman–Crippen LogP) is 4.81. The fourth-order valence-corrected chi connectivity index (χ4v) is 4.03. The summed E-state index contributed by atoms with van der Waals surface area (Å²) < 4.78 is 17.5. The van der Waals surface area contributed by atoms with Crippen molar-refractivity contribution in [3.05, 3.63) is 94.1 Å². The number of amides is 1. The molecule has 9 nitrogen and oxygen atoms in total. The van der Waals surface area contributed by atoms with Gasteiger partial charge in [0.05, 0.1) is 23.4 Å². The van der Waals surface area contributed by atoms with Crippen molar-refractivity contribution in [2.45, 2.75) is 6.61 Å². The second-order valence-corrected chi connectivity index (χ2v) is 8.60. The first-order valence-electron chi connectivity index (χ1n) is 11.1. The standard InChI is InChI=1S/C27H22BrN3O6/c1-35-23-13-18(12-21(28)26(23)37-15-17-5-2-7-20(11-17)27(33)34)14-30-31-24(32)16-36-22-9-3-6-19-8-4-10-29-25(19)22/h2-14H,15-16H2,1H3,(H,31,32)(H,33,34)/b30-14+. The van der Waals surface area contributed by atoms with E-state index in [1.807, 2.05) is 24.3 Å². The van der Waals surface area contributed by atoms with Crippen LogP contribution in [0.5, 0.6) is 17.2 Å². The number of carboxylic acids is 1. The number of halogens is 1. The van der Waals surface area contributed by atoms with E-state index in [0.717, 1.165) is 5.39 Å². The van der Waals surface area contributed by atoms with Gasteiger partial charge in [-0.1, -0.05) is 30.3 Å². The number of pyridine rings is 1. The van der Waals surface area contributed by atoms with Crippen molar-refractivity contribution >= 4 is 44.9 Å². The van der Waals surface area contributed by atoms with Crippen LogP contribution in [0.15, 0.2) is 82.5 Å². The number of nitrogens with one attached hydrogen (secondary N) is 1. The highest BCUT2D eigenvalue weighted by molar-refractivity contribution is 9.10. The lowest BCUT2D eigenvalue weighted by Crippen LogP contribution is -2.24. The van der Waals surface area contributed by atoms with E-state index < -0.39 is 11.9 Å². The highest BCUT2D eigenvalue weighted by Gasteiger charge is 2.13. The summed E-state index contributed by atoms with van der Waals surface area (Å²) in [5, 5.41) is 14.1. The van der Waals surface area contributed by atoms with Gasteiger partial charge in [0, 0.05) is 11.6 Å². The van der Waals surface area contributed by atoms with E-state index in [0.29, 0.717) is 38.4 Å². The number of benzene rings is 3. The van der Waals surface area contributed by atoms with Crippen LogP contribution in [0.25, 0.3) is 10.9 Å². The smallest absolute Gasteiger partial charge is 0.335 e. The second-order valence-electron chi connectivity index (χ2n) is 7.74. The number of aromatic carboxylic acids is 1. The molecule has 2 N–H and O–H groups in total. The molecule has 0 saturated heterocycles. The van der Waals surface area contributed by atoms with E-state index in [2.05, 4.69) is 31.4 Å². The summed E-state index contributed by atoms with van der Waals surface area (Å²) in [4.78, 5) is 27.7. The number of nitrogens with zero attached hydrogens (tertiary/aromatic N) is 2. The van der Waals surface area contributed by atoms with Crippen molar-refractivity contribution in [1.82, 2.24) is 10.4 Å². The van der Waals surface area contributed by atoms with Gasteiger partial charge in [0.25, 0.3) is 5.91 Å². The molecule has 0 saturated carbocycles. The molecule has 1 amide bonds. The number of fused-ring (bicyclic) bond motifs is 1. The van der Waals surface area contributed by atoms with E-state index >= 15 is 0 Å². The third-order valence-electron chi connectivity index (χ3n) is 5.17. The van der Waals surface area contributed by atoms with Crippen LogP contribution in [-0.4, -0.2) is 41.9 Å². The highest BCUT2D eigenvalue weighted by Crippen LogP contribution is 2.37. The van der Waals surface area contributed by atoms with Crippen molar-refractivity contribution in [2.24, 2.45) is 5.10 Å². The van der Waals surface area contributed by atoms with Crippen molar-refractivity contribution in [3.8, 4) is 17.2 Å². The molecule has 3 aromatic carbocycles. The summed E-state index contributed by atoms with van der Waals surface area (Å²) >= 11 is 3.47. The summed E-state index contributed by atoms with van der Waals surface area (Å²) in [6.45, 7) is -0.0817. The van der Waals surface area contributed by atoms with Gasteiger partial charge in [-0.3, -0.25) is 9.78 Å². The molecule has 0 aliphatic heterocycles. The summed E-state index contributed by atoms with van der Waals surface area (Å²) in [5.41, 5.74) is 4.63. The first kappa shape index (κ1) is 25.6. The number of aromatic nitrogens is 1. The second kappa shape index (κ2) is 12.0. The van der Waals surface area contributed by atoms with Crippen LogP contribution in [0.1, 0.15) is 21.5 Å². The largest absolute Gasteiger partial charge is 0.493 e. The molecular weight excluding hydrogens is 542 g/mol. The van der Waals surface area contributed by atoms with Crippen molar-refractivity contribution in [3.63, 3.8) is 0 Å². The molecule has 0 aliphatic rings. The molecule has 188 valence electrons. The Morgan fingerprint density at radius 3 is 2.68 bits per heavy atom. The van der Waals surface area contributed by atoms with Crippen LogP contribution >= 0.6 is 15.9 Å². The van der Waals surface area contributed by atoms with Gasteiger partial charge in [0.2, 0.25) is 0 Å². The van der Waals surface area contributed by atoms with Gasteiger partial charge in [0.15, 0.2) is 18.1 Å². The normalized spacial score (nSPS) is 10.9. The summed E-state index contributed by atoms with van der Waals surface area (Å²) in [7, 11) is 1.50. The van der Waals surface area contributed by atoms with Crippen molar-refractivity contribution in [2.75, 3.05) is 13.7 Å². The lowest BCUT2D eigenvalue weighted by molar-refractivity contribution is -0.123. The van der Waals surface area contributed by atoms with E-state index in [-0.39, 0.29) is 18.8 Å². The third kappa shape index (κ3) is 6.62. The molecule has 0 unspecified atom stereocenters. The van der Waals surface area contributed by atoms with Crippen LogP contribution < -0.4 is 19.6 Å². The monoisotopic (exact) mass is 563 g/mol. The number of para-hydroxylation sites is 1. The maximum absolute atomic E-state index is 12.2. The zero-order valence-corrected chi connectivity index (χ0v) is 21.3. The van der Waals surface area contributed by atoms with E-state index in [4.69, 9.17) is 19.3 Å². The average Bonchev–Trinajstić information content (AvgIpc) is 2.91. The number of rotatable bonds is 10. The number of carbonyl (C=O) groups is 2. The number of hydrogen-bond acceptors (Lipinski definition) is 7. The Morgan fingerprint density at radius 2 is 1.86 bits per heavy atom. The van der Waals surface area contributed by atoms with E-state index in [1.54, 1.807) is 42.6 Å². The maximum Gasteiger partial charge on any atom is 0.335 e. The third-order valence-corrected chi connectivity index (χ3v) is 5.76. The van der Waals surface area contributed by atoms with Crippen LogP contribution in [0.3, 0.4) is 0 Å². The van der Waals surface area contributed by atoms with Crippen LogP contribution in [-0.2, 0) is 11.4 Å². The zero-order valence-electron chi connectivity index (χ0n) is 19.7. The molecule has 1 heterocycles. The Labute approximate surface area is 220 Å². The molecule has 0 atom stereocenters. The SMILES string of the molecule is COc1cc(/C=N/NC(=O)COc2cccc3cccnc23)cc(Br)c1OCc1cccc(C(=O)O)c1. The van der Waals surface area contributed by atoms with Crippen LogP contribution in [0.2, 0.25) is 0 Å². The topological polar surface area (TPSA) is 119 Å². The fraction of sp³-hybridized carbons (Fsp3) is 0.111. The number of carboxylic acid groups (broad SMARTS) is 1. The Balaban J connectivity index is 1.36. The first-order chi connectivity index (χ1) is 17.9. The van der Waals surface area contributed by atoms with E-state index in [9.17, 15) is 9.59 Å². The fourth-order valence-electron chi connectivity index (χ4n) is 3.45. The number of ether oxygens (including phenoxy) is 3. The van der Waals surface area contributed by atoms with Crippen LogP contribution in [0, 0.1) is 0 Å². The van der Waals surface area contributed by atoms with Crippen molar-refractivity contribution in [1.29, 1.82) is 0 Å². The number of hydrogen-bond donors (Lipinski definition) is 2. The molecule has 4 aromatic rings. The molecular formula is C27H22BrN3O6. The van der Waals surface area contributed by atoms with Crippen LogP contribution in [0.4, 0.5) is 0 Å². The van der Waals surface area contributed by atoms with Gasteiger partial charge in [-0.25, -0.2) is 10.2 Å². The molecule has 37 heavy (non-hydrogen) atoms. The molecule has 10 heteroatoms. The minimum atomic E-state index is -1.01. The average molecular weight is 564 g/mol. The Morgan fingerprint density at radius 1 is 1.05 bits per heavy atom. The molecule has 0 spiro atoms. The predicted molar refractivity (Wildman–Crippen MR) is 141 cm³/mol.